The minimum Gasteiger partial charge on any atom is -0.481 e. The number of carboxylic acid groups (broad SMARTS) is 1. The SMILES string of the molecule is COC(=S)OC(=O)[C@@H](N)CC(=O)O. The summed E-state index contributed by atoms with van der Waals surface area (Å²) in [5.74, 6) is -2.11. The van der Waals surface area contributed by atoms with Crippen LogP contribution in [0.15, 0.2) is 0 Å². The van der Waals surface area contributed by atoms with E-state index < -0.39 is 24.4 Å². The predicted molar refractivity (Wildman–Crippen MR) is 45.9 cm³/mol. The Morgan fingerprint density at radius 2 is 2.15 bits per heavy atom. The van der Waals surface area contributed by atoms with Gasteiger partial charge in [0.25, 0.3) is 0 Å². The minimum absolute atomic E-state index is 0.383. The van der Waals surface area contributed by atoms with E-state index in [1.54, 1.807) is 0 Å². The summed E-state index contributed by atoms with van der Waals surface area (Å²) in [5.41, 5.74) is 5.15. The number of methoxy groups -OCH3 is 1. The van der Waals surface area contributed by atoms with E-state index in [-0.39, 0.29) is 5.24 Å². The Labute approximate surface area is 79.6 Å². The third-order valence-corrected chi connectivity index (χ3v) is 1.30. The van der Waals surface area contributed by atoms with Crippen LogP contribution in [-0.2, 0) is 19.1 Å². The van der Waals surface area contributed by atoms with Crippen molar-refractivity contribution in [3.63, 3.8) is 0 Å². The van der Waals surface area contributed by atoms with Crippen molar-refractivity contribution in [2.24, 2.45) is 5.73 Å². The molecule has 0 bridgehead atoms. The van der Waals surface area contributed by atoms with E-state index in [1.807, 2.05) is 0 Å². The van der Waals surface area contributed by atoms with E-state index in [2.05, 4.69) is 21.7 Å². The third kappa shape index (κ3) is 5.10. The van der Waals surface area contributed by atoms with Gasteiger partial charge in [0, 0.05) is 12.2 Å². The van der Waals surface area contributed by atoms with Gasteiger partial charge in [0.2, 0.25) is 0 Å². The number of carbonyl (C=O) groups excluding carboxylic acids is 1. The second-order valence-corrected chi connectivity index (χ2v) is 2.41. The van der Waals surface area contributed by atoms with Crippen LogP contribution in [0.1, 0.15) is 6.42 Å². The molecular formula is C6H9NO5S. The van der Waals surface area contributed by atoms with Crippen LogP contribution in [0.5, 0.6) is 0 Å². The van der Waals surface area contributed by atoms with Gasteiger partial charge in [-0.2, -0.15) is 0 Å². The maximum absolute atomic E-state index is 10.9. The Bertz CT molecular complexity index is 229. The lowest BCUT2D eigenvalue weighted by atomic mass is 10.2. The maximum atomic E-state index is 10.9. The van der Waals surface area contributed by atoms with Gasteiger partial charge in [0.1, 0.15) is 6.04 Å². The highest BCUT2D eigenvalue weighted by atomic mass is 32.1. The molecule has 0 aromatic rings. The largest absolute Gasteiger partial charge is 0.481 e. The lowest BCUT2D eigenvalue weighted by Crippen LogP contribution is -2.35. The van der Waals surface area contributed by atoms with Crippen LogP contribution in [0, 0.1) is 0 Å². The van der Waals surface area contributed by atoms with Crippen LogP contribution in [0.25, 0.3) is 0 Å². The Morgan fingerprint density at radius 1 is 1.62 bits per heavy atom. The molecule has 74 valence electrons. The van der Waals surface area contributed by atoms with Crippen molar-refractivity contribution in [2.45, 2.75) is 12.5 Å². The van der Waals surface area contributed by atoms with E-state index in [0.717, 1.165) is 0 Å². The number of carbonyl (C=O) groups is 2. The summed E-state index contributed by atoms with van der Waals surface area (Å²) in [4.78, 5) is 21.0. The summed E-state index contributed by atoms with van der Waals surface area (Å²) in [6.07, 6.45) is -0.509. The number of ether oxygens (including phenoxy) is 2. The van der Waals surface area contributed by atoms with E-state index in [0.29, 0.717) is 0 Å². The van der Waals surface area contributed by atoms with E-state index >= 15 is 0 Å². The van der Waals surface area contributed by atoms with Gasteiger partial charge in [-0.3, -0.25) is 4.79 Å². The molecule has 0 aliphatic carbocycles. The molecule has 13 heavy (non-hydrogen) atoms. The first-order valence-electron chi connectivity index (χ1n) is 3.24. The molecule has 0 spiro atoms. The zero-order valence-corrected chi connectivity index (χ0v) is 7.67. The lowest BCUT2D eigenvalue weighted by Gasteiger charge is -2.07. The molecule has 0 aromatic heterocycles. The molecule has 0 aliphatic heterocycles. The van der Waals surface area contributed by atoms with Gasteiger partial charge in [-0.25, -0.2) is 4.79 Å². The number of aliphatic carboxylic acids is 1. The quantitative estimate of drug-likeness (QED) is 0.464. The Balaban J connectivity index is 3.96. The van der Waals surface area contributed by atoms with Gasteiger partial charge in [-0.05, 0) is 0 Å². The van der Waals surface area contributed by atoms with Crippen LogP contribution in [0.4, 0.5) is 0 Å². The average molecular weight is 207 g/mol. The molecule has 0 aliphatic rings. The van der Waals surface area contributed by atoms with Gasteiger partial charge in [-0.15, -0.1) is 0 Å². The van der Waals surface area contributed by atoms with Gasteiger partial charge in [-0.1, -0.05) is 0 Å². The van der Waals surface area contributed by atoms with Crippen molar-refractivity contribution in [1.29, 1.82) is 0 Å². The van der Waals surface area contributed by atoms with Crippen molar-refractivity contribution in [3.8, 4) is 0 Å². The predicted octanol–water partition coefficient (Wildman–Crippen LogP) is -0.737. The van der Waals surface area contributed by atoms with E-state index in [1.165, 1.54) is 7.11 Å². The number of esters is 1. The summed E-state index contributed by atoms with van der Waals surface area (Å²) < 4.78 is 8.71. The van der Waals surface area contributed by atoms with Crippen LogP contribution < -0.4 is 5.73 Å². The third-order valence-electron chi connectivity index (χ3n) is 1.05. The van der Waals surface area contributed by atoms with E-state index in [9.17, 15) is 9.59 Å². The normalized spacial score (nSPS) is 11.5. The summed E-state index contributed by atoms with van der Waals surface area (Å²) in [5, 5.41) is 7.89. The van der Waals surface area contributed by atoms with Crippen molar-refractivity contribution < 1.29 is 24.2 Å². The minimum atomic E-state index is -1.23. The molecule has 0 aromatic carbocycles. The molecule has 6 nitrogen and oxygen atoms in total. The highest BCUT2D eigenvalue weighted by Gasteiger charge is 2.20. The average Bonchev–Trinajstić information content (AvgIpc) is 2.02. The zero-order chi connectivity index (χ0) is 10.4. The molecule has 0 saturated heterocycles. The highest BCUT2D eigenvalue weighted by Crippen LogP contribution is 1.94. The second-order valence-electron chi connectivity index (χ2n) is 2.08. The Hall–Kier alpha value is -1.21. The fourth-order valence-electron chi connectivity index (χ4n) is 0.471. The molecule has 0 saturated carbocycles. The summed E-state index contributed by atoms with van der Waals surface area (Å²) in [7, 11) is 1.22. The number of nitrogens with two attached hydrogens (primary N) is 1. The van der Waals surface area contributed by atoms with Crippen LogP contribution in [0.3, 0.4) is 0 Å². The van der Waals surface area contributed by atoms with Crippen molar-refractivity contribution in [2.75, 3.05) is 7.11 Å². The first-order chi connectivity index (χ1) is 5.97. The summed E-state index contributed by atoms with van der Waals surface area (Å²) in [6, 6.07) is -1.23. The first kappa shape index (κ1) is 11.8. The van der Waals surface area contributed by atoms with E-state index in [4.69, 9.17) is 10.8 Å². The number of hydrogen-bond donors (Lipinski definition) is 2. The number of thiocarbonyl (C=S) groups is 1. The molecular weight excluding hydrogens is 198 g/mol. The molecule has 0 rings (SSSR count). The number of carboxylic acids is 1. The molecule has 0 radical (unpaired) electrons. The Morgan fingerprint density at radius 3 is 2.54 bits per heavy atom. The number of hydrogen-bond acceptors (Lipinski definition) is 6. The molecule has 0 unspecified atom stereocenters. The van der Waals surface area contributed by atoms with Gasteiger partial charge >= 0.3 is 17.2 Å². The Kier molecular flexibility index (Phi) is 4.93. The fourth-order valence-corrected chi connectivity index (χ4v) is 0.553. The molecule has 0 heterocycles. The first-order valence-corrected chi connectivity index (χ1v) is 3.65. The maximum Gasteiger partial charge on any atom is 0.359 e. The van der Waals surface area contributed by atoms with Crippen LogP contribution in [-0.4, -0.2) is 35.4 Å². The van der Waals surface area contributed by atoms with Crippen LogP contribution >= 0.6 is 12.2 Å². The summed E-state index contributed by atoms with van der Waals surface area (Å²) >= 11 is 4.40. The topological polar surface area (TPSA) is 98.9 Å². The van der Waals surface area contributed by atoms with Crippen molar-refractivity contribution in [1.82, 2.24) is 0 Å². The fraction of sp³-hybridized carbons (Fsp3) is 0.500. The van der Waals surface area contributed by atoms with Gasteiger partial charge < -0.3 is 20.3 Å². The van der Waals surface area contributed by atoms with Gasteiger partial charge in [0.05, 0.1) is 13.5 Å². The molecule has 1 atom stereocenters. The molecule has 0 fully saturated rings. The monoisotopic (exact) mass is 207 g/mol. The van der Waals surface area contributed by atoms with Crippen molar-refractivity contribution in [3.05, 3.63) is 0 Å². The second kappa shape index (κ2) is 5.44. The molecule has 0 amide bonds. The standard InChI is InChI=1S/C6H9NO5S/c1-11-6(13)12-5(10)3(7)2-4(8)9/h3H,2,7H2,1H3,(H,8,9)/t3-/m0/s1. The van der Waals surface area contributed by atoms with Crippen molar-refractivity contribution >= 4 is 29.4 Å². The highest BCUT2D eigenvalue weighted by molar-refractivity contribution is 7.79. The molecule has 7 heteroatoms. The molecule has 3 N–H and O–H groups in total. The number of rotatable bonds is 3. The summed E-state index contributed by atoms with van der Waals surface area (Å²) in [6.45, 7) is 0. The zero-order valence-electron chi connectivity index (χ0n) is 6.85. The smallest absolute Gasteiger partial charge is 0.359 e. The lowest BCUT2D eigenvalue weighted by molar-refractivity contribution is -0.144. The van der Waals surface area contributed by atoms with Crippen LogP contribution in [0.2, 0.25) is 0 Å². The van der Waals surface area contributed by atoms with Gasteiger partial charge in [0.15, 0.2) is 0 Å².